The zero-order chi connectivity index (χ0) is 11.8. The fourth-order valence-corrected chi connectivity index (χ4v) is 2.83. The lowest BCUT2D eigenvalue weighted by atomic mass is 10.0. The Morgan fingerprint density at radius 2 is 2.19 bits per heavy atom. The number of rotatable bonds is 5. The van der Waals surface area contributed by atoms with E-state index in [-0.39, 0.29) is 12.4 Å². The predicted octanol–water partition coefficient (Wildman–Crippen LogP) is 1.85. The van der Waals surface area contributed by atoms with Gasteiger partial charge in [0, 0.05) is 18.6 Å². The van der Waals surface area contributed by atoms with E-state index in [0.717, 1.165) is 6.61 Å². The topological polar surface area (TPSA) is 29.5 Å². The van der Waals surface area contributed by atoms with E-state index < -0.39 is 0 Å². The zero-order valence-electron chi connectivity index (χ0n) is 10.7. The Bertz CT molecular complexity index is 271. The Morgan fingerprint density at radius 1 is 1.50 bits per heavy atom. The third-order valence-electron chi connectivity index (χ3n) is 3.89. The average Bonchev–Trinajstić information content (AvgIpc) is 2.81. The number of Topliss-reactive ketones (excluding diaryl/α,β-unsaturated/α-hetero) is 1. The molecule has 1 atom stereocenters. The van der Waals surface area contributed by atoms with Crippen LogP contribution in [0.2, 0.25) is 0 Å². The molecule has 0 amide bonds. The molecule has 0 aromatic heterocycles. The first-order chi connectivity index (χ1) is 7.52. The van der Waals surface area contributed by atoms with E-state index in [4.69, 9.17) is 4.74 Å². The van der Waals surface area contributed by atoms with Crippen LogP contribution in [-0.4, -0.2) is 42.5 Å². The molecule has 0 N–H and O–H groups in total. The van der Waals surface area contributed by atoms with Gasteiger partial charge in [-0.05, 0) is 45.4 Å². The van der Waals surface area contributed by atoms with Crippen LogP contribution in [0.4, 0.5) is 0 Å². The summed E-state index contributed by atoms with van der Waals surface area (Å²) in [5.41, 5.74) is 0.620. The Labute approximate surface area is 98.1 Å². The second-order valence-corrected chi connectivity index (χ2v) is 5.84. The molecule has 0 radical (unpaired) electrons. The smallest absolute Gasteiger partial charge is 0.155 e. The number of hydrogen-bond acceptors (Lipinski definition) is 3. The van der Waals surface area contributed by atoms with Crippen molar-refractivity contribution in [3.05, 3.63) is 0 Å². The molecule has 2 aliphatic rings. The molecular formula is C13H23NO2. The number of ether oxygens (including phenoxy) is 1. The summed E-state index contributed by atoms with van der Waals surface area (Å²) in [6.45, 7) is 8.31. The molecule has 0 aromatic rings. The van der Waals surface area contributed by atoms with Crippen molar-refractivity contribution in [2.24, 2.45) is 5.41 Å². The molecule has 0 unspecified atom stereocenters. The van der Waals surface area contributed by atoms with Gasteiger partial charge >= 0.3 is 0 Å². The normalized spacial score (nSPS) is 27.9. The lowest BCUT2D eigenvalue weighted by Crippen LogP contribution is -2.38. The van der Waals surface area contributed by atoms with Crippen molar-refractivity contribution >= 4 is 5.78 Å². The van der Waals surface area contributed by atoms with Gasteiger partial charge in [0.1, 0.15) is 6.61 Å². The summed E-state index contributed by atoms with van der Waals surface area (Å²) in [5.74, 6) is 0.121. The second kappa shape index (κ2) is 4.46. The maximum absolute atomic E-state index is 10.8. The van der Waals surface area contributed by atoms with Gasteiger partial charge in [-0.2, -0.15) is 0 Å². The third kappa shape index (κ3) is 2.64. The molecule has 3 heteroatoms. The Kier molecular flexibility index (Phi) is 3.36. The number of likely N-dealkylation sites (tertiary alicyclic amines) is 1. The number of ketones is 1. The van der Waals surface area contributed by atoms with Gasteiger partial charge in [0.05, 0.1) is 6.61 Å². The van der Waals surface area contributed by atoms with E-state index >= 15 is 0 Å². The molecular weight excluding hydrogens is 202 g/mol. The van der Waals surface area contributed by atoms with Gasteiger partial charge < -0.3 is 4.74 Å². The maximum Gasteiger partial charge on any atom is 0.155 e. The largest absolute Gasteiger partial charge is 0.372 e. The van der Waals surface area contributed by atoms with E-state index in [1.807, 2.05) is 0 Å². The summed E-state index contributed by atoms with van der Waals surface area (Å²) >= 11 is 0. The van der Waals surface area contributed by atoms with Crippen molar-refractivity contribution in [2.75, 3.05) is 19.8 Å². The van der Waals surface area contributed by atoms with Crippen molar-refractivity contribution in [3.63, 3.8) is 0 Å². The first-order valence-corrected chi connectivity index (χ1v) is 6.35. The Hall–Kier alpha value is -0.410. The zero-order valence-corrected chi connectivity index (χ0v) is 10.7. The minimum absolute atomic E-state index is 0.121. The standard InChI is InChI=1S/C13H23NO2/c1-10(2)14-9-13(4-5-13)6-12(14)8-16-7-11(3)15/h10,12H,4-9H2,1-3H3/t12-/m0/s1. The number of nitrogens with zero attached hydrogens (tertiary/aromatic N) is 1. The van der Waals surface area contributed by atoms with Crippen molar-refractivity contribution in [1.29, 1.82) is 0 Å². The van der Waals surface area contributed by atoms with Gasteiger partial charge in [0.2, 0.25) is 0 Å². The first kappa shape index (κ1) is 12.1. The van der Waals surface area contributed by atoms with Crippen LogP contribution >= 0.6 is 0 Å². The molecule has 92 valence electrons. The molecule has 2 fully saturated rings. The van der Waals surface area contributed by atoms with E-state index in [2.05, 4.69) is 18.7 Å². The quantitative estimate of drug-likeness (QED) is 0.715. The molecule has 1 heterocycles. The van der Waals surface area contributed by atoms with Crippen LogP contribution in [-0.2, 0) is 9.53 Å². The number of hydrogen-bond donors (Lipinski definition) is 0. The highest BCUT2D eigenvalue weighted by Gasteiger charge is 2.52. The van der Waals surface area contributed by atoms with Crippen LogP contribution in [0.15, 0.2) is 0 Å². The fraction of sp³-hybridized carbons (Fsp3) is 0.923. The highest BCUT2D eigenvalue weighted by molar-refractivity contribution is 5.76. The van der Waals surface area contributed by atoms with Crippen molar-refractivity contribution in [1.82, 2.24) is 4.90 Å². The minimum atomic E-state index is 0.121. The average molecular weight is 225 g/mol. The third-order valence-corrected chi connectivity index (χ3v) is 3.89. The number of carbonyl (C=O) groups excluding carboxylic acids is 1. The lowest BCUT2D eigenvalue weighted by molar-refractivity contribution is -0.122. The fourth-order valence-electron chi connectivity index (χ4n) is 2.83. The first-order valence-electron chi connectivity index (χ1n) is 6.35. The van der Waals surface area contributed by atoms with Crippen molar-refractivity contribution < 1.29 is 9.53 Å². The van der Waals surface area contributed by atoms with E-state index in [1.165, 1.54) is 25.8 Å². The molecule has 1 spiro atoms. The summed E-state index contributed by atoms with van der Waals surface area (Å²) in [7, 11) is 0. The molecule has 1 saturated carbocycles. The summed E-state index contributed by atoms with van der Waals surface area (Å²) in [4.78, 5) is 13.4. The SMILES string of the molecule is CC(=O)COC[C@@H]1CC2(CC2)CN1C(C)C. The van der Waals surface area contributed by atoms with Gasteiger partial charge in [-0.3, -0.25) is 9.69 Å². The molecule has 3 nitrogen and oxygen atoms in total. The summed E-state index contributed by atoms with van der Waals surface area (Å²) in [6, 6.07) is 1.12. The molecule has 1 aliphatic carbocycles. The molecule has 0 bridgehead atoms. The summed E-state index contributed by atoms with van der Waals surface area (Å²) in [6.07, 6.45) is 4.04. The van der Waals surface area contributed by atoms with Crippen LogP contribution in [0.25, 0.3) is 0 Å². The second-order valence-electron chi connectivity index (χ2n) is 5.84. The van der Waals surface area contributed by atoms with Crippen LogP contribution in [0.3, 0.4) is 0 Å². The van der Waals surface area contributed by atoms with Crippen molar-refractivity contribution in [2.45, 2.75) is 52.1 Å². The van der Waals surface area contributed by atoms with Crippen LogP contribution in [0.5, 0.6) is 0 Å². The van der Waals surface area contributed by atoms with Crippen LogP contribution in [0.1, 0.15) is 40.0 Å². The van der Waals surface area contributed by atoms with Gasteiger partial charge in [0.25, 0.3) is 0 Å². The minimum Gasteiger partial charge on any atom is -0.372 e. The maximum atomic E-state index is 10.8. The Balaban J connectivity index is 1.84. The van der Waals surface area contributed by atoms with Crippen LogP contribution < -0.4 is 0 Å². The van der Waals surface area contributed by atoms with E-state index in [9.17, 15) is 4.79 Å². The lowest BCUT2D eigenvalue weighted by Gasteiger charge is -2.27. The summed E-state index contributed by atoms with van der Waals surface area (Å²) < 4.78 is 5.49. The highest BCUT2D eigenvalue weighted by atomic mass is 16.5. The van der Waals surface area contributed by atoms with Gasteiger partial charge in [-0.15, -0.1) is 0 Å². The van der Waals surface area contributed by atoms with Gasteiger partial charge in [-0.25, -0.2) is 0 Å². The molecule has 1 aliphatic heterocycles. The van der Waals surface area contributed by atoms with E-state index in [1.54, 1.807) is 6.92 Å². The Morgan fingerprint density at radius 3 is 2.69 bits per heavy atom. The monoisotopic (exact) mass is 225 g/mol. The van der Waals surface area contributed by atoms with Crippen molar-refractivity contribution in [3.8, 4) is 0 Å². The molecule has 0 aromatic carbocycles. The van der Waals surface area contributed by atoms with Gasteiger partial charge in [-0.1, -0.05) is 0 Å². The molecule has 1 saturated heterocycles. The predicted molar refractivity (Wildman–Crippen MR) is 63.4 cm³/mol. The van der Waals surface area contributed by atoms with Crippen LogP contribution in [0, 0.1) is 5.41 Å². The molecule has 16 heavy (non-hydrogen) atoms. The van der Waals surface area contributed by atoms with E-state index in [0.29, 0.717) is 17.5 Å². The molecule has 2 rings (SSSR count). The van der Waals surface area contributed by atoms with Gasteiger partial charge in [0.15, 0.2) is 5.78 Å². The summed E-state index contributed by atoms with van der Waals surface area (Å²) in [5, 5.41) is 0. The number of carbonyl (C=O) groups is 1. The highest BCUT2D eigenvalue weighted by Crippen LogP contribution is 2.55.